The Balaban J connectivity index is 1.50. The molecular formula is C17H19F2N3O2S. The van der Waals surface area contributed by atoms with Crippen LogP contribution in [-0.4, -0.2) is 48.0 Å². The number of rotatable bonds is 6. The Morgan fingerprint density at radius 3 is 2.96 bits per heavy atom. The predicted octanol–water partition coefficient (Wildman–Crippen LogP) is 2.54. The summed E-state index contributed by atoms with van der Waals surface area (Å²) in [7, 11) is 0. The number of ether oxygens (including phenoxy) is 1. The van der Waals surface area contributed by atoms with Gasteiger partial charge in [0.25, 0.3) is 12.3 Å². The van der Waals surface area contributed by atoms with E-state index in [4.69, 9.17) is 4.74 Å². The molecule has 134 valence electrons. The molecule has 2 aromatic rings. The highest BCUT2D eigenvalue weighted by Gasteiger charge is 2.28. The van der Waals surface area contributed by atoms with E-state index in [2.05, 4.69) is 10.3 Å². The fourth-order valence-corrected chi connectivity index (χ4v) is 3.33. The van der Waals surface area contributed by atoms with Crippen LogP contribution in [0.3, 0.4) is 0 Å². The van der Waals surface area contributed by atoms with E-state index in [9.17, 15) is 13.6 Å². The Kier molecular flexibility index (Phi) is 6.06. The normalized spacial score (nSPS) is 18.4. The van der Waals surface area contributed by atoms with Crippen LogP contribution in [0.1, 0.15) is 21.1 Å². The number of aromatic nitrogens is 1. The molecule has 0 aliphatic carbocycles. The van der Waals surface area contributed by atoms with E-state index in [0.29, 0.717) is 31.8 Å². The highest BCUT2D eigenvalue weighted by molar-refractivity contribution is 7.09. The van der Waals surface area contributed by atoms with Crippen LogP contribution in [0.15, 0.2) is 35.7 Å². The van der Waals surface area contributed by atoms with Crippen LogP contribution in [0.2, 0.25) is 0 Å². The van der Waals surface area contributed by atoms with E-state index in [-0.39, 0.29) is 12.5 Å². The number of morpholine rings is 1. The number of carbonyl (C=O) groups is 1. The fraction of sp³-hybridized carbons (Fsp3) is 0.412. The zero-order valence-electron chi connectivity index (χ0n) is 13.5. The number of carbonyl (C=O) groups excluding carboxylic acids is 1. The van der Waals surface area contributed by atoms with Gasteiger partial charge in [-0.25, -0.2) is 13.8 Å². The summed E-state index contributed by atoms with van der Waals surface area (Å²) in [5.74, 6) is -0.148. The van der Waals surface area contributed by atoms with Gasteiger partial charge >= 0.3 is 0 Å². The summed E-state index contributed by atoms with van der Waals surface area (Å²) in [5, 5.41) is 5.52. The van der Waals surface area contributed by atoms with Crippen molar-refractivity contribution in [3.63, 3.8) is 0 Å². The first kappa shape index (κ1) is 17.9. The van der Waals surface area contributed by atoms with E-state index >= 15 is 0 Å². The summed E-state index contributed by atoms with van der Waals surface area (Å²) in [4.78, 5) is 18.4. The maximum atomic E-state index is 12.7. The Morgan fingerprint density at radius 1 is 1.40 bits per heavy atom. The Morgan fingerprint density at radius 2 is 2.20 bits per heavy atom. The maximum Gasteiger partial charge on any atom is 0.265 e. The van der Waals surface area contributed by atoms with Crippen molar-refractivity contribution in [1.29, 1.82) is 0 Å². The molecule has 1 N–H and O–H groups in total. The number of nitrogens with one attached hydrogen (secondary N) is 1. The van der Waals surface area contributed by atoms with Crippen LogP contribution in [0.4, 0.5) is 8.78 Å². The number of amides is 1. The van der Waals surface area contributed by atoms with Crippen molar-refractivity contribution in [2.45, 2.75) is 25.6 Å². The minimum absolute atomic E-state index is 0.148. The van der Waals surface area contributed by atoms with Gasteiger partial charge in [0, 0.05) is 30.6 Å². The fourth-order valence-electron chi connectivity index (χ4n) is 2.61. The molecule has 0 radical (unpaired) electrons. The Hall–Kier alpha value is -1.90. The van der Waals surface area contributed by atoms with Gasteiger partial charge in [0.05, 0.1) is 18.8 Å². The second-order valence-corrected chi connectivity index (χ2v) is 6.70. The van der Waals surface area contributed by atoms with Crippen LogP contribution < -0.4 is 5.32 Å². The van der Waals surface area contributed by atoms with Crippen LogP contribution in [0.25, 0.3) is 0 Å². The molecule has 1 aliphatic rings. The molecule has 2 heterocycles. The van der Waals surface area contributed by atoms with Gasteiger partial charge in [0.1, 0.15) is 11.1 Å². The van der Waals surface area contributed by atoms with Crippen molar-refractivity contribution < 1.29 is 18.3 Å². The largest absolute Gasteiger partial charge is 0.370 e. The standard InChI is InChI=1S/C17H19F2N3O2S/c18-16(19)14-10-22(6-7-24-14)9-13-11-25-15(21-13)8-20-17(23)12-4-2-1-3-5-12/h1-5,11,14,16H,6-10H2,(H,20,23)/t14-/m0/s1. The lowest BCUT2D eigenvalue weighted by Crippen LogP contribution is -2.45. The zero-order chi connectivity index (χ0) is 17.6. The van der Waals surface area contributed by atoms with Crippen LogP contribution >= 0.6 is 11.3 Å². The Labute approximate surface area is 148 Å². The first-order valence-corrected chi connectivity index (χ1v) is 8.88. The van der Waals surface area contributed by atoms with Crippen molar-refractivity contribution in [2.75, 3.05) is 19.7 Å². The van der Waals surface area contributed by atoms with Gasteiger partial charge in [-0.05, 0) is 12.1 Å². The van der Waals surface area contributed by atoms with E-state index in [0.717, 1.165) is 10.7 Å². The number of hydrogen-bond acceptors (Lipinski definition) is 5. The third-order valence-corrected chi connectivity index (χ3v) is 4.78. The predicted molar refractivity (Wildman–Crippen MR) is 90.7 cm³/mol. The minimum Gasteiger partial charge on any atom is -0.370 e. The molecule has 1 saturated heterocycles. The molecule has 1 atom stereocenters. The third-order valence-electron chi connectivity index (χ3n) is 3.88. The van der Waals surface area contributed by atoms with Crippen molar-refractivity contribution in [1.82, 2.24) is 15.2 Å². The van der Waals surface area contributed by atoms with E-state index < -0.39 is 12.5 Å². The lowest BCUT2D eigenvalue weighted by molar-refractivity contribution is -0.104. The Bertz CT molecular complexity index is 696. The smallest absolute Gasteiger partial charge is 0.265 e. The number of halogens is 2. The number of hydrogen-bond donors (Lipinski definition) is 1. The lowest BCUT2D eigenvalue weighted by Gasteiger charge is -2.31. The summed E-state index contributed by atoms with van der Waals surface area (Å²) in [6, 6.07) is 8.98. The van der Waals surface area contributed by atoms with Crippen LogP contribution in [-0.2, 0) is 17.8 Å². The van der Waals surface area contributed by atoms with Crippen molar-refractivity contribution in [2.24, 2.45) is 0 Å². The molecule has 1 amide bonds. The average molecular weight is 367 g/mol. The molecule has 1 aromatic carbocycles. The molecule has 0 bridgehead atoms. The molecule has 5 nitrogen and oxygen atoms in total. The van der Waals surface area contributed by atoms with E-state index in [1.165, 1.54) is 11.3 Å². The highest BCUT2D eigenvalue weighted by Crippen LogP contribution is 2.17. The summed E-state index contributed by atoms with van der Waals surface area (Å²) in [6.07, 6.45) is -3.50. The average Bonchev–Trinajstić information content (AvgIpc) is 3.08. The molecular weight excluding hydrogens is 348 g/mol. The molecule has 0 unspecified atom stereocenters. The molecule has 8 heteroatoms. The van der Waals surface area contributed by atoms with E-state index in [1.54, 1.807) is 12.1 Å². The van der Waals surface area contributed by atoms with Gasteiger partial charge in [-0.1, -0.05) is 18.2 Å². The number of nitrogens with zero attached hydrogens (tertiary/aromatic N) is 2. The second kappa shape index (κ2) is 8.46. The number of benzene rings is 1. The van der Waals surface area contributed by atoms with Crippen molar-refractivity contribution >= 4 is 17.2 Å². The van der Waals surface area contributed by atoms with Gasteiger partial charge < -0.3 is 10.1 Å². The molecule has 3 rings (SSSR count). The molecule has 1 aromatic heterocycles. The van der Waals surface area contributed by atoms with Crippen molar-refractivity contribution in [3.05, 3.63) is 52.0 Å². The second-order valence-electron chi connectivity index (χ2n) is 5.76. The van der Waals surface area contributed by atoms with Gasteiger partial charge in [-0.2, -0.15) is 0 Å². The first-order chi connectivity index (χ1) is 12.1. The lowest BCUT2D eigenvalue weighted by atomic mass is 10.2. The zero-order valence-corrected chi connectivity index (χ0v) is 14.3. The summed E-state index contributed by atoms with van der Waals surface area (Å²) in [5.41, 5.74) is 1.43. The first-order valence-electron chi connectivity index (χ1n) is 8.00. The SMILES string of the molecule is O=C(NCc1nc(CN2CCO[C@H](C(F)F)C2)cs1)c1ccccc1. The number of alkyl halides is 2. The minimum atomic E-state index is -2.47. The number of thiazole rings is 1. The van der Waals surface area contributed by atoms with Gasteiger partial charge in [-0.15, -0.1) is 11.3 Å². The summed E-state index contributed by atoms with van der Waals surface area (Å²) >= 11 is 1.45. The highest BCUT2D eigenvalue weighted by atomic mass is 32.1. The topological polar surface area (TPSA) is 54.5 Å². The van der Waals surface area contributed by atoms with Gasteiger partial charge in [0.15, 0.2) is 0 Å². The summed E-state index contributed by atoms with van der Waals surface area (Å²) in [6.45, 7) is 1.98. The maximum absolute atomic E-state index is 12.7. The van der Waals surface area contributed by atoms with Crippen molar-refractivity contribution in [3.8, 4) is 0 Å². The summed E-state index contributed by atoms with van der Waals surface area (Å²) < 4.78 is 30.6. The van der Waals surface area contributed by atoms with Gasteiger partial charge in [-0.3, -0.25) is 9.69 Å². The monoisotopic (exact) mass is 367 g/mol. The molecule has 1 aliphatic heterocycles. The van der Waals surface area contributed by atoms with Crippen LogP contribution in [0, 0.1) is 0 Å². The third kappa shape index (κ3) is 5.04. The molecule has 0 saturated carbocycles. The molecule has 1 fully saturated rings. The van der Waals surface area contributed by atoms with Gasteiger partial charge in [0.2, 0.25) is 0 Å². The molecule has 25 heavy (non-hydrogen) atoms. The van der Waals surface area contributed by atoms with E-state index in [1.807, 2.05) is 28.5 Å². The van der Waals surface area contributed by atoms with Crippen LogP contribution in [0.5, 0.6) is 0 Å². The molecule has 0 spiro atoms. The quantitative estimate of drug-likeness (QED) is 0.853.